The number of pyridine rings is 2. The molecule has 4 nitrogen and oxygen atoms in total. The van der Waals surface area contributed by atoms with Crippen molar-refractivity contribution in [2.45, 2.75) is 6.92 Å². The van der Waals surface area contributed by atoms with Crippen molar-refractivity contribution in [2.24, 2.45) is 0 Å². The smallest absolute Gasteiger partial charge is 0.266 e. The monoisotopic (exact) mass is 234 g/mol. The summed E-state index contributed by atoms with van der Waals surface area (Å²) < 4.78 is 0. The number of nitriles is 1. The van der Waals surface area contributed by atoms with Gasteiger partial charge in [-0.2, -0.15) is 5.26 Å². The first-order valence-corrected chi connectivity index (χ1v) is 4.77. The molecule has 0 bridgehead atoms. The van der Waals surface area contributed by atoms with Crippen molar-refractivity contribution in [3.05, 3.63) is 52.2 Å². The molecule has 0 spiro atoms. The molecule has 0 aromatic carbocycles. The van der Waals surface area contributed by atoms with E-state index in [1.165, 1.54) is 0 Å². The topological polar surface area (TPSA) is 69.5 Å². The minimum atomic E-state index is -0.349. The van der Waals surface area contributed by atoms with Gasteiger partial charge in [0.1, 0.15) is 11.6 Å². The van der Waals surface area contributed by atoms with Gasteiger partial charge in [0.25, 0.3) is 5.56 Å². The molecule has 1 radical (unpaired) electrons. The van der Waals surface area contributed by atoms with Gasteiger partial charge in [-0.15, -0.1) is 0 Å². The van der Waals surface area contributed by atoms with E-state index in [9.17, 15) is 4.79 Å². The third kappa shape index (κ3) is 2.83. The van der Waals surface area contributed by atoms with Gasteiger partial charge in [0, 0.05) is 53.2 Å². The Balaban J connectivity index is 0.00000144. The molecule has 2 aromatic heterocycles. The molecular formula is C12H9N3NaO. The number of nitrogens with one attached hydrogen (secondary N) is 1. The van der Waals surface area contributed by atoms with E-state index in [-0.39, 0.29) is 40.7 Å². The Labute approximate surface area is 121 Å². The Morgan fingerprint density at radius 1 is 1.35 bits per heavy atom. The molecule has 0 unspecified atom stereocenters. The van der Waals surface area contributed by atoms with E-state index < -0.39 is 0 Å². The number of H-pyrrole nitrogens is 1. The van der Waals surface area contributed by atoms with Crippen LogP contribution in [-0.4, -0.2) is 39.5 Å². The second kappa shape index (κ2) is 5.78. The van der Waals surface area contributed by atoms with E-state index in [0.717, 1.165) is 16.8 Å². The van der Waals surface area contributed by atoms with Crippen LogP contribution in [0.1, 0.15) is 11.3 Å². The van der Waals surface area contributed by atoms with Crippen LogP contribution in [0.2, 0.25) is 0 Å². The molecule has 0 saturated carbocycles. The van der Waals surface area contributed by atoms with Gasteiger partial charge in [-0.1, -0.05) is 0 Å². The largest absolute Gasteiger partial charge is 0.325 e. The molecule has 0 aliphatic heterocycles. The van der Waals surface area contributed by atoms with Crippen LogP contribution in [0.4, 0.5) is 0 Å². The maximum atomic E-state index is 11.4. The van der Waals surface area contributed by atoms with Crippen molar-refractivity contribution >= 4 is 29.6 Å². The number of rotatable bonds is 1. The van der Waals surface area contributed by atoms with Crippen LogP contribution < -0.4 is 5.56 Å². The zero-order valence-corrected chi connectivity index (χ0v) is 11.7. The van der Waals surface area contributed by atoms with E-state index in [1.807, 2.05) is 18.2 Å². The van der Waals surface area contributed by atoms with E-state index in [2.05, 4.69) is 9.97 Å². The van der Waals surface area contributed by atoms with Crippen molar-refractivity contribution < 1.29 is 0 Å². The minimum Gasteiger partial charge on any atom is -0.325 e. The van der Waals surface area contributed by atoms with Gasteiger partial charge < -0.3 is 4.98 Å². The molecule has 2 rings (SSSR count). The molecular weight excluding hydrogens is 225 g/mol. The molecule has 0 saturated heterocycles. The molecule has 0 aliphatic rings. The van der Waals surface area contributed by atoms with Crippen LogP contribution in [0.15, 0.2) is 35.4 Å². The molecule has 2 aromatic rings. The first-order chi connectivity index (χ1) is 7.72. The molecule has 1 N–H and O–H groups in total. The first-order valence-electron chi connectivity index (χ1n) is 4.77. The predicted octanol–water partition coefficient (Wildman–Crippen LogP) is 1.24. The van der Waals surface area contributed by atoms with Crippen molar-refractivity contribution in [3.8, 4) is 17.2 Å². The Morgan fingerprint density at radius 2 is 2.00 bits per heavy atom. The minimum absolute atomic E-state index is 0. The zero-order chi connectivity index (χ0) is 11.5. The fraction of sp³-hybridized carbons (Fsp3) is 0.0833. The fourth-order valence-electron chi connectivity index (χ4n) is 1.54. The summed E-state index contributed by atoms with van der Waals surface area (Å²) in [6.07, 6.45) is 3.35. The third-order valence-electron chi connectivity index (χ3n) is 2.35. The van der Waals surface area contributed by atoms with Crippen molar-refractivity contribution in [2.75, 3.05) is 0 Å². The van der Waals surface area contributed by atoms with Gasteiger partial charge >= 0.3 is 0 Å². The van der Waals surface area contributed by atoms with E-state index in [0.29, 0.717) is 0 Å². The molecule has 0 aliphatic carbocycles. The number of hydrogen-bond donors (Lipinski definition) is 1. The maximum Gasteiger partial charge on any atom is 0.266 e. The standard InChI is InChI=1S/C12H9N3O.Na/c1-8-11(9-2-4-14-5-3-9)6-10(7-13)12(16)15-8;/h2-6H,1H3,(H,15,16);. The molecule has 0 amide bonds. The summed E-state index contributed by atoms with van der Waals surface area (Å²) in [6, 6.07) is 7.14. The molecule has 0 fully saturated rings. The Kier molecular flexibility index (Phi) is 4.64. The number of nitrogens with zero attached hydrogens (tertiary/aromatic N) is 2. The van der Waals surface area contributed by atoms with Crippen LogP contribution in [0, 0.1) is 18.3 Å². The van der Waals surface area contributed by atoms with Crippen LogP contribution in [0.25, 0.3) is 11.1 Å². The van der Waals surface area contributed by atoms with Gasteiger partial charge in [0.05, 0.1) is 0 Å². The molecule has 79 valence electrons. The second-order valence-electron chi connectivity index (χ2n) is 3.40. The number of aromatic nitrogens is 2. The van der Waals surface area contributed by atoms with E-state index >= 15 is 0 Å². The zero-order valence-electron chi connectivity index (χ0n) is 9.69. The van der Waals surface area contributed by atoms with Gasteiger partial charge in [0.15, 0.2) is 0 Å². The maximum absolute atomic E-state index is 11.4. The van der Waals surface area contributed by atoms with E-state index in [1.54, 1.807) is 25.4 Å². The summed E-state index contributed by atoms with van der Waals surface area (Å²) >= 11 is 0. The quantitative estimate of drug-likeness (QED) is 0.754. The summed E-state index contributed by atoms with van der Waals surface area (Å²) in [5.41, 5.74) is 2.30. The molecule has 5 heteroatoms. The van der Waals surface area contributed by atoms with Crippen molar-refractivity contribution in [3.63, 3.8) is 0 Å². The van der Waals surface area contributed by atoms with Crippen LogP contribution in [-0.2, 0) is 0 Å². The molecule has 0 atom stereocenters. The number of aromatic amines is 1. The summed E-state index contributed by atoms with van der Waals surface area (Å²) in [4.78, 5) is 17.9. The number of hydrogen-bond acceptors (Lipinski definition) is 3. The van der Waals surface area contributed by atoms with Crippen molar-refractivity contribution in [1.82, 2.24) is 9.97 Å². The van der Waals surface area contributed by atoms with Crippen LogP contribution in [0.3, 0.4) is 0 Å². The van der Waals surface area contributed by atoms with Crippen LogP contribution in [0.5, 0.6) is 0 Å². The average molecular weight is 234 g/mol. The summed E-state index contributed by atoms with van der Waals surface area (Å²) in [5, 5.41) is 8.80. The summed E-state index contributed by atoms with van der Waals surface area (Å²) in [5.74, 6) is 0. The predicted molar refractivity (Wildman–Crippen MR) is 65.5 cm³/mol. The van der Waals surface area contributed by atoms with Crippen LogP contribution >= 0.6 is 0 Å². The summed E-state index contributed by atoms with van der Waals surface area (Å²) in [7, 11) is 0. The summed E-state index contributed by atoms with van der Waals surface area (Å²) in [6.45, 7) is 1.80. The van der Waals surface area contributed by atoms with Gasteiger partial charge in [-0.3, -0.25) is 9.78 Å². The fourth-order valence-corrected chi connectivity index (χ4v) is 1.54. The normalized spacial score (nSPS) is 9.18. The van der Waals surface area contributed by atoms with Gasteiger partial charge in [0.2, 0.25) is 0 Å². The van der Waals surface area contributed by atoms with Gasteiger partial charge in [-0.25, -0.2) is 0 Å². The third-order valence-corrected chi connectivity index (χ3v) is 2.35. The number of aryl methyl sites for hydroxylation is 1. The molecule has 17 heavy (non-hydrogen) atoms. The Bertz CT molecular complexity index is 614. The Morgan fingerprint density at radius 3 is 2.59 bits per heavy atom. The average Bonchev–Trinajstić information content (AvgIpc) is 2.30. The van der Waals surface area contributed by atoms with Gasteiger partial charge in [-0.05, 0) is 30.7 Å². The Hall–Kier alpha value is -1.41. The van der Waals surface area contributed by atoms with E-state index in [4.69, 9.17) is 5.26 Å². The second-order valence-corrected chi connectivity index (χ2v) is 3.40. The molecule has 2 heterocycles. The first kappa shape index (κ1) is 13.7. The van der Waals surface area contributed by atoms with Crippen molar-refractivity contribution in [1.29, 1.82) is 5.26 Å². The SMILES string of the molecule is Cc1[nH]c(=O)c(C#N)cc1-c1ccncc1.[Na].